The summed E-state index contributed by atoms with van der Waals surface area (Å²) in [6, 6.07) is 0. The Morgan fingerprint density at radius 3 is 1.42 bits per heavy atom. The SMILES string of the molecule is [B]c1c(Br)c(Br)c(Br)c(Br)c1CCc1c(Br)c(Br)c(N)c(Br)c1Br. The first-order valence-corrected chi connectivity index (χ1v) is 12.6. The van der Waals surface area contributed by atoms with E-state index >= 15 is 0 Å². The highest BCUT2D eigenvalue weighted by atomic mass is 79.9. The first-order chi connectivity index (χ1) is 11.1. The average molecular weight is 838 g/mol. The second kappa shape index (κ2) is 9.10. The molecule has 0 unspecified atom stereocenters. The number of anilines is 1. The average Bonchev–Trinajstić information content (AvgIpc) is 2.57. The molecule has 2 N–H and O–H groups in total. The Morgan fingerprint density at radius 2 is 0.917 bits per heavy atom. The van der Waals surface area contributed by atoms with Crippen molar-refractivity contribution < 1.29 is 0 Å². The van der Waals surface area contributed by atoms with E-state index in [0.717, 1.165) is 59.8 Å². The second-order valence-corrected chi connectivity index (χ2v) is 11.1. The maximum Gasteiger partial charge on any atom is 0.115 e. The van der Waals surface area contributed by atoms with Crippen LogP contribution < -0.4 is 11.2 Å². The zero-order valence-electron chi connectivity index (χ0n) is 11.6. The fraction of sp³-hybridized carbons (Fsp3) is 0.143. The molecule has 0 amide bonds. The van der Waals surface area contributed by atoms with Crippen LogP contribution in [0.5, 0.6) is 0 Å². The largest absolute Gasteiger partial charge is 0.397 e. The first-order valence-electron chi connectivity index (χ1n) is 6.30. The van der Waals surface area contributed by atoms with E-state index in [1.807, 2.05) is 0 Å². The predicted octanol–water partition coefficient (Wildman–Crippen LogP) is 7.95. The van der Waals surface area contributed by atoms with Crippen LogP contribution in [0.2, 0.25) is 0 Å². The number of rotatable bonds is 3. The molecular formula is C14H6BBr8N. The van der Waals surface area contributed by atoms with Crippen LogP contribution in [0.1, 0.15) is 11.1 Å². The molecule has 2 aromatic carbocycles. The fourth-order valence-electron chi connectivity index (χ4n) is 2.10. The molecule has 0 spiro atoms. The van der Waals surface area contributed by atoms with Crippen molar-refractivity contribution in [3.05, 3.63) is 46.9 Å². The summed E-state index contributed by atoms with van der Waals surface area (Å²) in [6.07, 6.45) is 1.51. The summed E-state index contributed by atoms with van der Waals surface area (Å²) in [4.78, 5) is 0. The zero-order valence-corrected chi connectivity index (χ0v) is 24.3. The molecule has 0 aliphatic carbocycles. The van der Waals surface area contributed by atoms with Crippen molar-refractivity contribution in [3.63, 3.8) is 0 Å². The predicted molar refractivity (Wildman–Crippen MR) is 132 cm³/mol. The summed E-state index contributed by atoms with van der Waals surface area (Å²) in [5, 5.41) is 0. The van der Waals surface area contributed by atoms with Crippen molar-refractivity contribution in [3.8, 4) is 0 Å². The lowest BCUT2D eigenvalue weighted by molar-refractivity contribution is 0.944. The van der Waals surface area contributed by atoms with Gasteiger partial charge in [-0.1, -0.05) is 21.4 Å². The topological polar surface area (TPSA) is 26.0 Å². The van der Waals surface area contributed by atoms with Crippen LogP contribution >= 0.6 is 127 Å². The summed E-state index contributed by atoms with van der Waals surface area (Å²) >= 11 is 28.5. The van der Waals surface area contributed by atoms with E-state index in [4.69, 9.17) is 13.6 Å². The number of hydrogen-bond acceptors (Lipinski definition) is 1. The summed E-state index contributed by atoms with van der Waals surface area (Å²) in [7, 11) is 6.29. The highest BCUT2D eigenvalue weighted by molar-refractivity contribution is 9.15. The van der Waals surface area contributed by atoms with E-state index in [2.05, 4.69) is 127 Å². The fourth-order valence-corrected chi connectivity index (χ4v) is 7.16. The Morgan fingerprint density at radius 1 is 0.542 bits per heavy atom. The molecular weight excluding hydrogens is 832 g/mol. The van der Waals surface area contributed by atoms with Gasteiger partial charge < -0.3 is 5.73 Å². The minimum absolute atomic E-state index is 0.646. The lowest BCUT2D eigenvalue weighted by Gasteiger charge is -2.18. The number of halogens is 8. The summed E-state index contributed by atoms with van der Waals surface area (Å²) in [5.74, 6) is 0. The second-order valence-electron chi connectivity index (χ2n) is 4.80. The number of nitrogen functional groups attached to an aromatic ring is 1. The Labute approximate surface area is 209 Å². The standard InChI is InChI=1S/C14H6BBr8N/c15-5-3(6(16)10(20)11(21)9(5)19)1-2-4-7(17)12(22)14(24)13(23)8(4)18/h1-2,24H2. The molecule has 0 aliphatic rings. The van der Waals surface area contributed by atoms with Crippen molar-refractivity contribution in [2.75, 3.05) is 5.73 Å². The van der Waals surface area contributed by atoms with Crippen LogP contribution in [-0.4, -0.2) is 7.85 Å². The van der Waals surface area contributed by atoms with E-state index in [1.54, 1.807) is 0 Å². The number of hydrogen-bond donors (Lipinski definition) is 1. The molecule has 0 heterocycles. The van der Waals surface area contributed by atoms with Gasteiger partial charge in [-0.2, -0.15) is 0 Å². The monoisotopic (exact) mass is 830 g/mol. The maximum absolute atomic E-state index is 6.29. The molecule has 24 heavy (non-hydrogen) atoms. The third-order valence-corrected chi connectivity index (χ3v) is 12.8. The van der Waals surface area contributed by atoms with E-state index in [1.165, 1.54) is 0 Å². The summed E-state index contributed by atoms with van der Waals surface area (Å²) < 4.78 is 7.11. The third kappa shape index (κ3) is 4.25. The van der Waals surface area contributed by atoms with Crippen LogP contribution in [0.25, 0.3) is 0 Å². The van der Waals surface area contributed by atoms with Crippen LogP contribution in [0.4, 0.5) is 5.69 Å². The molecule has 0 fully saturated rings. The van der Waals surface area contributed by atoms with Gasteiger partial charge in [0.05, 0.1) is 14.6 Å². The Balaban J connectivity index is 2.48. The minimum Gasteiger partial charge on any atom is -0.397 e. The lowest BCUT2D eigenvalue weighted by Crippen LogP contribution is -2.16. The third-order valence-electron chi connectivity index (χ3n) is 3.42. The molecule has 0 bridgehead atoms. The van der Waals surface area contributed by atoms with Gasteiger partial charge >= 0.3 is 0 Å². The van der Waals surface area contributed by atoms with Crippen LogP contribution in [0.15, 0.2) is 35.8 Å². The van der Waals surface area contributed by atoms with E-state index in [0.29, 0.717) is 11.2 Å². The minimum atomic E-state index is 0.646. The van der Waals surface area contributed by atoms with Crippen LogP contribution in [-0.2, 0) is 12.8 Å². The van der Waals surface area contributed by atoms with E-state index < -0.39 is 0 Å². The molecule has 10 heteroatoms. The summed E-state index contributed by atoms with van der Waals surface area (Å²) in [6.45, 7) is 0. The van der Waals surface area contributed by atoms with Crippen LogP contribution in [0, 0.1) is 0 Å². The van der Waals surface area contributed by atoms with Gasteiger partial charge in [-0.25, -0.2) is 0 Å². The highest BCUT2D eigenvalue weighted by Gasteiger charge is 2.20. The van der Waals surface area contributed by atoms with E-state index in [-0.39, 0.29) is 0 Å². The molecule has 0 aliphatic heterocycles. The Kier molecular flexibility index (Phi) is 8.50. The van der Waals surface area contributed by atoms with Gasteiger partial charge in [-0.15, -0.1) is 0 Å². The van der Waals surface area contributed by atoms with Crippen molar-refractivity contribution >= 4 is 146 Å². The Hall–Kier alpha value is 2.14. The molecule has 0 atom stereocenters. The molecule has 0 saturated heterocycles. The van der Waals surface area contributed by atoms with Gasteiger partial charge in [-0.05, 0) is 135 Å². The number of nitrogens with two attached hydrogens (primary N) is 1. The molecule has 2 rings (SSSR count). The number of benzene rings is 2. The Bertz CT molecular complexity index is 709. The van der Waals surface area contributed by atoms with Crippen molar-refractivity contribution in [2.24, 2.45) is 0 Å². The molecule has 2 aromatic rings. The smallest absolute Gasteiger partial charge is 0.115 e. The zero-order chi connectivity index (χ0) is 18.3. The molecule has 2 radical (unpaired) electrons. The summed E-state index contributed by atoms with van der Waals surface area (Å²) in [5.41, 5.74) is 9.55. The highest BCUT2D eigenvalue weighted by Crippen LogP contribution is 2.44. The van der Waals surface area contributed by atoms with Crippen molar-refractivity contribution in [1.29, 1.82) is 0 Å². The molecule has 1 nitrogen and oxygen atoms in total. The molecule has 126 valence electrons. The van der Waals surface area contributed by atoms with Gasteiger partial charge in [0, 0.05) is 26.8 Å². The first kappa shape index (κ1) is 22.4. The van der Waals surface area contributed by atoms with Gasteiger partial charge in [0.1, 0.15) is 7.85 Å². The normalized spacial score (nSPS) is 11.2. The van der Waals surface area contributed by atoms with Gasteiger partial charge in [0.25, 0.3) is 0 Å². The lowest BCUT2D eigenvalue weighted by atomic mass is 9.88. The van der Waals surface area contributed by atoms with Gasteiger partial charge in [0.15, 0.2) is 0 Å². The van der Waals surface area contributed by atoms with E-state index in [9.17, 15) is 0 Å². The van der Waals surface area contributed by atoms with Crippen LogP contribution in [0.3, 0.4) is 0 Å². The molecule has 0 saturated carbocycles. The maximum atomic E-state index is 6.29. The van der Waals surface area contributed by atoms with Gasteiger partial charge in [0.2, 0.25) is 0 Å². The quantitative estimate of drug-likeness (QED) is 0.145. The van der Waals surface area contributed by atoms with Gasteiger partial charge in [-0.3, -0.25) is 0 Å². The van der Waals surface area contributed by atoms with Crippen molar-refractivity contribution in [2.45, 2.75) is 12.8 Å². The molecule has 0 aromatic heterocycles. The van der Waals surface area contributed by atoms with Crippen molar-refractivity contribution in [1.82, 2.24) is 0 Å².